The van der Waals surface area contributed by atoms with Crippen LogP contribution in [0.25, 0.3) is 5.57 Å². The van der Waals surface area contributed by atoms with Crippen LogP contribution in [0.1, 0.15) is 44.8 Å². The number of piperidine rings is 1. The van der Waals surface area contributed by atoms with Crippen LogP contribution < -0.4 is 0 Å². The molecule has 1 saturated heterocycles. The summed E-state index contributed by atoms with van der Waals surface area (Å²) in [5, 5.41) is 4.10. The lowest BCUT2D eigenvalue weighted by atomic mass is 9.94. The van der Waals surface area contributed by atoms with E-state index < -0.39 is 0 Å². The molecular formula is C17H25N3O. The van der Waals surface area contributed by atoms with Gasteiger partial charge < -0.3 is 4.52 Å². The standard InChI is InChI=1S/C17H25N3O/c1-4-7-15(8-5-2)17-18-16(19-21-17)13-20-11-9-14(6-3)10-12-20/h4-5,7-8,14H,1,6,9-13H2,2-3H3/b8-5-,15-7+. The first kappa shape index (κ1) is 15.7. The van der Waals surface area contributed by atoms with E-state index in [1.165, 1.54) is 19.3 Å². The highest BCUT2D eigenvalue weighted by Gasteiger charge is 2.19. The van der Waals surface area contributed by atoms with Crippen molar-refractivity contribution in [3.05, 3.63) is 42.6 Å². The van der Waals surface area contributed by atoms with Gasteiger partial charge in [-0.15, -0.1) is 0 Å². The fourth-order valence-corrected chi connectivity index (χ4v) is 2.69. The van der Waals surface area contributed by atoms with Gasteiger partial charge in [0.05, 0.1) is 6.54 Å². The zero-order chi connectivity index (χ0) is 15.1. The maximum Gasteiger partial charge on any atom is 0.257 e. The molecule has 0 aliphatic carbocycles. The van der Waals surface area contributed by atoms with E-state index in [1.807, 2.05) is 25.2 Å². The van der Waals surface area contributed by atoms with E-state index in [0.29, 0.717) is 5.89 Å². The number of rotatable bonds is 6. The van der Waals surface area contributed by atoms with Crippen LogP contribution in [0.5, 0.6) is 0 Å². The molecule has 1 aliphatic rings. The molecule has 0 saturated carbocycles. The third-order valence-corrected chi connectivity index (χ3v) is 4.01. The predicted octanol–water partition coefficient (Wildman–Crippen LogP) is 3.84. The number of aromatic nitrogens is 2. The Balaban J connectivity index is 1.97. The molecule has 2 heterocycles. The molecule has 0 unspecified atom stereocenters. The number of hydrogen-bond donors (Lipinski definition) is 0. The summed E-state index contributed by atoms with van der Waals surface area (Å²) in [5.41, 5.74) is 0.899. The van der Waals surface area contributed by atoms with Crippen molar-refractivity contribution in [1.82, 2.24) is 15.0 Å². The van der Waals surface area contributed by atoms with Gasteiger partial charge in [-0.25, -0.2) is 0 Å². The van der Waals surface area contributed by atoms with E-state index in [-0.39, 0.29) is 0 Å². The molecule has 0 atom stereocenters. The normalized spacial score (nSPS) is 18.5. The Morgan fingerprint density at radius 2 is 2.19 bits per heavy atom. The quantitative estimate of drug-likeness (QED) is 0.746. The van der Waals surface area contributed by atoms with Crippen molar-refractivity contribution in [3.8, 4) is 0 Å². The van der Waals surface area contributed by atoms with Gasteiger partial charge >= 0.3 is 0 Å². The number of allylic oxidation sites excluding steroid dienone is 5. The van der Waals surface area contributed by atoms with Gasteiger partial charge in [0.25, 0.3) is 5.89 Å². The molecule has 4 heteroatoms. The van der Waals surface area contributed by atoms with Crippen molar-refractivity contribution in [1.29, 1.82) is 0 Å². The van der Waals surface area contributed by atoms with Crippen LogP contribution in [0.3, 0.4) is 0 Å². The van der Waals surface area contributed by atoms with E-state index in [2.05, 4.69) is 28.5 Å². The molecule has 0 radical (unpaired) electrons. The molecule has 114 valence electrons. The van der Waals surface area contributed by atoms with Gasteiger partial charge in [0.1, 0.15) is 0 Å². The lowest BCUT2D eigenvalue weighted by Crippen LogP contribution is -2.33. The molecule has 0 amide bonds. The lowest BCUT2D eigenvalue weighted by Gasteiger charge is -2.30. The summed E-state index contributed by atoms with van der Waals surface area (Å²) in [4.78, 5) is 6.90. The summed E-state index contributed by atoms with van der Waals surface area (Å²) >= 11 is 0. The Bertz CT molecular complexity index is 508. The minimum Gasteiger partial charge on any atom is -0.334 e. The molecule has 0 bridgehead atoms. The highest BCUT2D eigenvalue weighted by Crippen LogP contribution is 2.21. The third-order valence-electron chi connectivity index (χ3n) is 4.01. The Morgan fingerprint density at radius 1 is 1.43 bits per heavy atom. The van der Waals surface area contributed by atoms with Gasteiger partial charge in [0.2, 0.25) is 0 Å². The summed E-state index contributed by atoms with van der Waals surface area (Å²) in [6.07, 6.45) is 11.4. The molecule has 21 heavy (non-hydrogen) atoms. The maximum absolute atomic E-state index is 5.36. The van der Waals surface area contributed by atoms with E-state index >= 15 is 0 Å². The number of hydrogen-bond acceptors (Lipinski definition) is 4. The zero-order valence-corrected chi connectivity index (χ0v) is 13.1. The second kappa shape index (κ2) is 7.93. The molecular weight excluding hydrogens is 262 g/mol. The topological polar surface area (TPSA) is 42.2 Å². The fraction of sp³-hybridized carbons (Fsp3) is 0.529. The SMILES string of the molecule is C=C/C=C(\C=C/C)c1nc(CN2CCC(CC)CC2)no1. The van der Waals surface area contributed by atoms with Crippen molar-refractivity contribution in [2.45, 2.75) is 39.7 Å². The summed E-state index contributed by atoms with van der Waals surface area (Å²) in [6.45, 7) is 11.0. The molecule has 0 spiro atoms. The zero-order valence-electron chi connectivity index (χ0n) is 13.1. The minimum atomic E-state index is 0.562. The number of nitrogens with zero attached hydrogens (tertiary/aromatic N) is 3. The van der Waals surface area contributed by atoms with Crippen molar-refractivity contribution in [3.63, 3.8) is 0 Å². The first-order valence-electron chi connectivity index (χ1n) is 7.77. The van der Waals surface area contributed by atoms with Crippen molar-refractivity contribution >= 4 is 5.57 Å². The van der Waals surface area contributed by atoms with Gasteiger partial charge in [-0.1, -0.05) is 49.4 Å². The molecule has 2 rings (SSSR count). The van der Waals surface area contributed by atoms with E-state index in [4.69, 9.17) is 4.52 Å². The summed E-state index contributed by atoms with van der Waals surface area (Å²) in [7, 11) is 0. The van der Waals surface area contributed by atoms with Crippen LogP contribution in [-0.4, -0.2) is 28.1 Å². The van der Waals surface area contributed by atoms with Crippen LogP contribution in [-0.2, 0) is 6.54 Å². The molecule has 1 aromatic heterocycles. The molecule has 1 aromatic rings. The molecule has 4 nitrogen and oxygen atoms in total. The van der Waals surface area contributed by atoms with E-state index in [1.54, 1.807) is 6.08 Å². The largest absolute Gasteiger partial charge is 0.334 e. The monoisotopic (exact) mass is 287 g/mol. The van der Waals surface area contributed by atoms with Gasteiger partial charge in [-0.2, -0.15) is 4.98 Å². The fourth-order valence-electron chi connectivity index (χ4n) is 2.69. The van der Waals surface area contributed by atoms with Crippen molar-refractivity contribution in [2.24, 2.45) is 5.92 Å². The van der Waals surface area contributed by atoms with Crippen LogP contribution in [0, 0.1) is 5.92 Å². The average Bonchev–Trinajstić information content (AvgIpc) is 2.96. The second-order valence-corrected chi connectivity index (χ2v) is 5.50. The molecule has 0 N–H and O–H groups in total. The van der Waals surface area contributed by atoms with E-state index in [9.17, 15) is 0 Å². The second-order valence-electron chi connectivity index (χ2n) is 5.50. The van der Waals surface area contributed by atoms with Crippen LogP contribution >= 0.6 is 0 Å². The van der Waals surface area contributed by atoms with Crippen LogP contribution in [0.4, 0.5) is 0 Å². The van der Waals surface area contributed by atoms with Crippen LogP contribution in [0.2, 0.25) is 0 Å². The Kier molecular flexibility index (Phi) is 5.93. The van der Waals surface area contributed by atoms with Gasteiger partial charge in [-0.05, 0) is 38.8 Å². The van der Waals surface area contributed by atoms with Crippen molar-refractivity contribution in [2.75, 3.05) is 13.1 Å². The molecule has 1 aliphatic heterocycles. The van der Waals surface area contributed by atoms with Gasteiger partial charge in [-0.3, -0.25) is 4.90 Å². The minimum absolute atomic E-state index is 0.562. The summed E-state index contributed by atoms with van der Waals surface area (Å²) < 4.78 is 5.36. The van der Waals surface area contributed by atoms with Gasteiger partial charge in [0, 0.05) is 5.57 Å². The summed E-state index contributed by atoms with van der Waals surface area (Å²) in [6, 6.07) is 0. The third kappa shape index (κ3) is 4.39. The first-order chi connectivity index (χ1) is 10.3. The molecule has 0 aromatic carbocycles. The Labute approximate surface area is 127 Å². The average molecular weight is 287 g/mol. The Hall–Kier alpha value is -1.68. The molecule has 1 fully saturated rings. The number of likely N-dealkylation sites (tertiary alicyclic amines) is 1. The maximum atomic E-state index is 5.36. The van der Waals surface area contributed by atoms with E-state index in [0.717, 1.165) is 36.9 Å². The highest BCUT2D eigenvalue weighted by atomic mass is 16.5. The first-order valence-corrected chi connectivity index (χ1v) is 7.77. The Morgan fingerprint density at radius 3 is 2.81 bits per heavy atom. The van der Waals surface area contributed by atoms with Crippen LogP contribution in [0.15, 0.2) is 35.4 Å². The predicted molar refractivity (Wildman–Crippen MR) is 85.6 cm³/mol. The smallest absolute Gasteiger partial charge is 0.257 e. The van der Waals surface area contributed by atoms with Gasteiger partial charge in [0.15, 0.2) is 5.82 Å². The lowest BCUT2D eigenvalue weighted by molar-refractivity contribution is 0.170. The highest BCUT2D eigenvalue weighted by molar-refractivity contribution is 5.69. The summed E-state index contributed by atoms with van der Waals surface area (Å²) in [5.74, 6) is 2.21. The van der Waals surface area contributed by atoms with Crippen molar-refractivity contribution < 1.29 is 4.52 Å².